The summed E-state index contributed by atoms with van der Waals surface area (Å²) in [5, 5.41) is 3.24. The number of anilines is 1. The summed E-state index contributed by atoms with van der Waals surface area (Å²) in [5.74, 6) is 2.24. The first-order valence-electron chi connectivity index (χ1n) is 5.15. The fourth-order valence-corrected chi connectivity index (χ4v) is 2.08. The first kappa shape index (κ1) is 10.9. The predicted molar refractivity (Wildman–Crippen MR) is 68.0 cm³/mol. The largest absolute Gasteiger partial charge is 0.369 e. The summed E-state index contributed by atoms with van der Waals surface area (Å²) in [4.78, 5) is 18.0. The van der Waals surface area contributed by atoms with Crippen LogP contribution in [0.3, 0.4) is 0 Å². The molecule has 1 aromatic rings. The maximum Gasteiger partial charge on any atom is 0.266 e. The number of nitrogens with one attached hydrogen (secondary N) is 2. The van der Waals surface area contributed by atoms with E-state index >= 15 is 0 Å². The normalized spacial score (nSPS) is 17.5. The van der Waals surface area contributed by atoms with Crippen molar-refractivity contribution in [2.24, 2.45) is 11.8 Å². The van der Waals surface area contributed by atoms with Crippen molar-refractivity contribution in [1.29, 1.82) is 0 Å². The monoisotopic (exact) mass is 319 g/mol. The van der Waals surface area contributed by atoms with Crippen molar-refractivity contribution in [3.05, 3.63) is 20.3 Å². The zero-order chi connectivity index (χ0) is 10.8. The number of halogens is 1. The molecule has 2 N–H and O–H groups in total. The molecule has 1 aliphatic carbocycles. The molecule has 4 nitrogen and oxygen atoms in total. The number of nitrogens with zero attached hydrogens (tertiary/aromatic N) is 1. The Morgan fingerprint density at radius 3 is 3.13 bits per heavy atom. The van der Waals surface area contributed by atoms with E-state index in [1.165, 1.54) is 19.2 Å². The van der Waals surface area contributed by atoms with Crippen LogP contribution in [0, 0.1) is 15.4 Å². The third-order valence-electron chi connectivity index (χ3n) is 2.81. The highest BCUT2D eigenvalue weighted by molar-refractivity contribution is 14.1. The summed E-state index contributed by atoms with van der Waals surface area (Å²) in [6, 6.07) is 0. The Balaban J connectivity index is 1.98. The molecule has 0 bridgehead atoms. The highest BCUT2D eigenvalue weighted by Gasteiger charge is 2.27. The number of hydrogen-bond acceptors (Lipinski definition) is 3. The summed E-state index contributed by atoms with van der Waals surface area (Å²) in [5.41, 5.74) is -0.0767. The third kappa shape index (κ3) is 2.70. The molecule has 1 heterocycles. The number of rotatable bonds is 4. The van der Waals surface area contributed by atoms with Crippen LogP contribution in [0.2, 0.25) is 0 Å². The SMILES string of the molecule is CC(CNc1nc[nH]c(=O)c1I)C1CC1. The second-order valence-electron chi connectivity index (χ2n) is 4.09. The Morgan fingerprint density at radius 2 is 2.47 bits per heavy atom. The van der Waals surface area contributed by atoms with Crippen molar-refractivity contribution in [2.75, 3.05) is 11.9 Å². The van der Waals surface area contributed by atoms with E-state index in [4.69, 9.17) is 0 Å². The van der Waals surface area contributed by atoms with Gasteiger partial charge in [0, 0.05) is 6.54 Å². The Morgan fingerprint density at radius 1 is 1.73 bits per heavy atom. The molecule has 5 heteroatoms. The van der Waals surface area contributed by atoms with Gasteiger partial charge in [-0.15, -0.1) is 0 Å². The molecule has 1 unspecified atom stereocenters. The van der Waals surface area contributed by atoms with Crippen LogP contribution in [0.5, 0.6) is 0 Å². The minimum Gasteiger partial charge on any atom is -0.369 e. The summed E-state index contributed by atoms with van der Waals surface area (Å²) >= 11 is 2.02. The molecule has 0 amide bonds. The molecule has 0 saturated heterocycles. The van der Waals surface area contributed by atoms with Gasteiger partial charge in [0.1, 0.15) is 9.39 Å². The summed E-state index contributed by atoms with van der Waals surface area (Å²) in [6.07, 6.45) is 4.14. The van der Waals surface area contributed by atoms with Gasteiger partial charge in [-0.3, -0.25) is 4.79 Å². The quantitative estimate of drug-likeness (QED) is 0.833. The Bertz CT molecular complexity index is 400. The molecule has 0 radical (unpaired) electrons. The van der Waals surface area contributed by atoms with Gasteiger partial charge in [0.25, 0.3) is 5.56 Å². The van der Waals surface area contributed by atoms with Crippen LogP contribution in [0.15, 0.2) is 11.1 Å². The average molecular weight is 319 g/mol. The van der Waals surface area contributed by atoms with Crippen LogP contribution in [-0.2, 0) is 0 Å². The maximum absolute atomic E-state index is 11.3. The molecule has 0 aliphatic heterocycles. The number of aromatic amines is 1. The predicted octanol–water partition coefficient (Wildman–Crippen LogP) is 1.83. The van der Waals surface area contributed by atoms with Crippen LogP contribution in [0.4, 0.5) is 5.82 Å². The molecular formula is C10H14IN3O. The van der Waals surface area contributed by atoms with Gasteiger partial charge in [0.2, 0.25) is 0 Å². The first-order valence-corrected chi connectivity index (χ1v) is 6.23. The van der Waals surface area contributed by atoms with E-state index in [0.717, 1.165) is 12.5 Å². The van der Waals surface area contributed by atoms with Gasteiger partial charge in [0.15, 0.2) is 0 Å². The van der Waals surface area contributed by atoms with E-state index in [0.29, 0.717) is 15.3 Å². The zero-order valence-electron chi connectivity index (χ0n) is 8.59. The third-order valence-corrected chi connectivity index (χ3v) is 3.82. The van der Waals surface area contributed by atoms with Crippen molar-refractivity contribution in [2.45, 2.75) is 19.8 Å². The van der Waals surface area contributed by atoms with Gasteiger partial charge in [-0.2, -0.15) is 0 Å². The molecule has 1 fully saturated rings. The van der Waals surface area contributed by atoms with Crippen molar-refractivity contribution in [3.8, 4) is 0 Å². The molecule has 1 aromatic heterocycles. The number of hydrogen-bond donors (Lipinski definition) is 2. The van der Waals surface area contributed by atoms with Gasteiger partial charge in [-0.1, -0.05) is 6.92 Å². The first-order chi connectivity index (χ1) is 7.18. The molecule has 1 aliphatic rings. The van der Waals surface area contributed by atoms with Gasteiger partial charge in [-0.05, 0) is 47.3 Å². The summed E-state index contributed by atoms with van der Waals surface area (Å²) in [7, 11) is 0. The minimum absolute atomic E-state index is 0.0767. The second kappa shape index (κ2) is 4.51. The van der Waals surface area contributed by atoms with Gasteiger partial charge in [-0.25, -0.2) is 4.98 Å². The lowest BCUT2D eigenvalue weighted by Crippen LogP contribution is -2.19. The van der Waals surface area contributed by atoms with Gasteiger partial charge < -0.3 is 10.3 Å². The summed E-state index contributed by atoms with van der Waals surface area (Å²) < 4.78 is 0.637. The van der Waals surface area contributed by atoms with Gasteiger partial charge >= 0.3 is 0 Å². The highest BCUT2D eigenvalue weighted by atomic mass is 127. The van der Waals surface area contributed by atoms with E-state index in [1.807, 2.05) is 22.6 Å². The lowest BCUT2D eigenvalue weighted by Gasteiger charge is -2.12. The molecular weight excluding hydrogens is 305 g/mol. The minimum atomic E-state index is -0.0767. The van der Waals surface area contributed by atoms with E-state index in [-0.39, 0.29) is 5.56 Å². The fourth-order valence-electron chi connectivity index (χ4n) is 1.60. The lowest BCUT2D eigenvalue weighted by atomic mass is 10.1. The van der Waals surface area contributed by atoms with E-state index in [2.05, 4.69) is 22.2 Å². The molecule has 1 atom stereocenters. The van der Waals surface area contributed by atoms with Crippen LogP contribution in [-0.4, -0.2) is 16.5 Å². The van der Waals surface area contributed by atoms with E-state index < -0.39 is 0 Å². The Kier molecular flexibility index (Phi) is 3.28. The molecule has 1 saturated carbocycles. The number of H-pyrrole nitrogens is 1. The lowest BCUT2D eigenvalue weighted by molar-refractivity contribution is 0.535. The van der Waals surface area contributed by atoms with Gasteiger partial charge in [0.05, 0.1) is 6.33 Å². The molecule has 82 valence electrons. The Labute approximate surface area is 102 Å². The van der Waals surface area contributed by atoms with Crippen LogP contribution in [0.25, 0.3) is 0 Å². The number of aromatic nitrogens is 2. The molecule has 15 heavy (non-hydrogen) atoms. The molecule has 2 rings (SSSR count). The van der Waals surface area contributed by atoms with E-state index in [1.54, 1.807) is 0 Å². The zero-order valence-corrected chi connectivity index (χ0v) is 10.7. The maximum atomic E-state index is 11.3. The van der Waals surface area contributed by atoms with Crippen molar-refractivity contribution in [3.63, 3.8) is 0 Å². The van der Waals surface area contributed by atoms with Crippen LogP contribution < -0.4 is 10.9 Å². The van der Waals surface area contributed by atoms with E-state index in [9.17, 15) is 4.79 Å². The molecule has 0 spiro atoms. The van der Waals surface area contributed by atoms with Crippen LogP contribution >= 0.6 is 22.6 Å². The topological polar surface area (TPSA) is 57.8 Å². The smallest absolute Gasteiger partial charge is 0.266 e. The van der Waals surface area contributed by atoms with Crippen molar-refractivity contribution in [1.82, 2.24) is 9.97 Å². The fraction of sp³-hybridized carbons (Fsp3) is 0.600. The Hall–Kier alpha value is -0.590. The standard InChI is InChI=1S/C10H14IN3O/c1-6(7-2-3-7)4-12-9-8(11)10(15)14-5-13-9/h5-7H,2-4H2,1H3,(H2,12,13,14,15). The highest BCUT2D eigenvalue weighted by Crippen LogP contribution is 2.36. The van der Waals surface area contributed by atoms with Crippen molar-refractivity contribution < 1.29 is 0 Å². The van der Waals surface area contributed by atoms with Crippen LogP contribution in [0.1, 0.15) is 19.8 Å². The average Bonchev–Trinajstić information content (AvgIpc) is 3.03. The van der Waals surface area contributed by atoms with Crippen molar-refractivity contribution >= 4 is 28.4 Å². The summed E-state index contributed by atoms with van der Waals surface area (Å²) in [6.45, 7) is 3.14. The molecule has 0 aromatic carbocycles. The second-order valence-corrected chi connectivity index (χ2v) is 5.17.